The topological polar surface area (TPSA) is 71.0 Å². The van der Waals surface area contributed by atoms with Crippen molar-refractivity contribution in [1.82, 2.24) is 10.2 Å². The first-order valence-electron chi connectivity index (χ1n) is 12.9. The minimum Gasteiger partial charge on any atom is -0.450 e. The van der Waals surface area contributed by atoms with Crippen molar-refractivity contribution >= 4 is 35.2 Å². The average molecular weight is 498 g/mol. The Balaban J connectivity index is 0.00000361. The molecule has 1 aromatic rings. The van der Waals surface area contributed by atoms with Gasteiger partial charge in [-0.05, 0) is 56.7 Å². The van der Waals surface area contributed by atoms with Crippen molar-refractivity contribution < 1.29 is 15.8 Å². The van der Waals surface area contributed by atoms with Crippen LogP contribution in [-0.2, 0) is 4.74 Å². The van der Waals surface area contributed by atoms with E-state index >= 15 is 0 Å². The Morgan fingerprint density at radius 3 is 2.74 bits per heavy atom. The van der Waals surface area contributed by atoms with Crippen molar-refractivity contribution in [3.05, 3.63) is 48.1 Å². The molecule has 2 heterocycles. The van der Waals surface area contributed by atoms with Gasteiger partial charge < -0.3 is 15.0 Å². The van der Waals surface area contributed by atoms with Gasteiger partial charge in [-0.2, -0.15) is 0 Å². The number of fused-ring (bicyclic) bond motifs is 2. The number of likely N-dealkylation sites (tertiary alicyclic amines) is 1. The molecule has 3 atom stereocenters. The van der Waals surface area contributed by atoms with Gasteiger partial charge in [-0.3, -0.25) is 9.79 Å². The van der Waals surface area contributed by atoms with Gasteiger partial charge in [0.05, 0.1) is 12.3 Å². The molecular weight excluding hydrogens is 458 g/mol. The number of allylic oxidation sites excluding steroid dienone is 3. The summed E-state index contributed by atoms with van der Waals surface area (Å²) in [4.78, 5) is 33.0. The van der Waals surface area contributed by atoms with Gasteiger partial charge in [-0.1, -0.05) is 44.6 Å². The van der Waals surface area contributed by atoms with E-state index in [0.717, 1.165) is 36.3 Å². The summed E-state index contributed by atoms with van der Waals surface area (Å²) in [6.07, 6.45) is 13.3. The molecule has 1 fully saturated rings. The third kappa shape index (κ3) is 6.37. The first-order chi connectivity index (χ1) is 17.0. The third-order valence-corrected chi connectivity index (χ3v) is 8.49. The SMILES string of the molecule is CCOC(=O)N1CCC(NC(=O)c2ccc3c(c2)N=C(CCC(C)CC)C2C=CC=CC2S3)CC1.[HH]. The lowest BCUT2D eigenvalue weighted by Gasteiger charge is -2.31. The zero-order chi connectivity index (χ0) is 24.8. The number of rotatable bonds is 7. The molecule has 2 amide bonds. The highest BCUT2D eigenvalue weighted by atomic mass is 32.2. The van der Waals surface area contributed by atoms with Gasteiger partial charge in [0.2, 0.25) is 0 Å². The number of benzene rings is 1. The minimum atomic E-state index is -0.271. The molecule has 1 saturated heterocycles. The summed E-state index contributed by atoms with van der Waals surface area (Å²) >= 11 is 1.83. The maximum Gasteiger partial charge on any atom is 0.409 e. The second kappa shape index (κ2) is 11.9. The van der Waals surface area contributed by atoms with E-state index in [1.165, 1.54) is 12.1 Å². The third-order valence-electron chi connectivity index (χ3n) is 7.16. The molecule has 1 aromatic carbocycles. The molecule has 4 rings (SSSR count). The summed E-state index contributed by atoms with van der Waals surface area (Å²) < 4.78 is 5.09. The van der Waals surface area contributed by atoms with Gasteiger partial charge in [0.1, 0.15) is 0 Å². The lowest BCUT2D eigenvalue weighted by atomic mass is 9.89. The quantitative estimate of drug-likeness (QED) is 0.473. The predicted octanol–water partition coefficient (Wildman–Crippen LogP) is 6.40. The number of piperidine rings is 1. The molecule has 0 bridgehead atoms. The predicted molar refractivity (Wildman–Crippen MR) is 145 cm³/mol. The molecule has 0 saturated carbocycles. The minimum absolute atomic E-state index is 0. The maximum absolute atomic E-state index is 13.1. The zero-order valence-corrected chi connectivity index (χ0v) is 21.9. The molecule has 0 spiro atoms. The van der Waals surface area contributed by atoms with Gasteiger partial charge in [0.25, 0.3) is 5.91 Å². The number of aliphatic imine (C=N–C) groups is 1. The number of thioether (sulfide) groups is 1. The average Bonchev–Trinajstić information content (AvgIpc) is 3.03. The normalized spacial score (nSPS) is 22.5. The lowest BCUT2D eigenvalue weighted by molar-refractivity contribution is 0.0860. The molecule has 3 aliphatic rings. The summed E-state index contributed by atoms with van der Waals surface area (Å²) in [5.41, 5.74) is 2.75. The van der Waals surface area contributed by atoms with Gasteiger partial charge in [-0.15, -0.1) is 11.8 Å². The highest BCUT2D eigenvalue weighted by molar-refractivity contribution is 8.00. The first-order valence-corrected chi connectivity index (χ1v) is 13.8. The summed E-state index contributed by atoms with van der Waals surface area (Å²) in [5, 5.41) is 3.50. The van der Waals surface area contributed by atoms with Gasteiger partial charge >= 0.3 is 6.09 Å². The molecule has 3 unspecified atom stereocenters. The molecular formula is C28H39N3O3S. The van der Waals surface area contributed by atoms with Crippen molar-refractivity contribution in [2.75, 3.05) is 19.7 Å². The first kappa shape index (κ1) is 25.5. The number of hydrogen-bond acceptors (Lipinski definition) is 5. The monoisotopic (exact) mass is 497 g/mol. The van der Waals surface area contributed by atoms with Crippen LogP contribution < -0.4 is 5.32 Å². The van der Waals surface area contributed by atoms with Crippen molar-refractivity contribution in [3.8, 4) is 0 Å². The second-order valence-electron chi connectivity index (χ2n) is 9.65. The van der Waals surface area contributed by atoms with E-state index in [-0.39, 0.29) is 19.5 Å². The fraction of sp³-hybridized carbons (Fsp3) is 0.536. The molecule has 0 radical (unpaired) electrons. The van der Waals surface area contributed by atoms with E-state index in [2.05, 4.69) is 43.5 Å². The van der Waals surface area contributed by atoms with E-state index in [1.807, 2.05) is 36.9 Å². The number of carbonyl (C=O) groups excluding carboxylic acids is 2. The van der Waals surface area contributed by atoms with Crippen LogP contribution in [0.1, 0.15) is 64.7 Å². The highest BCUT2D eigenvalue weighted by Crippen LogP contribution is 2.42. The van der Waals surface area contributed by atoms with Gasteiger partial charge in [-0.25, -0.2) is 4.79 Å². The van der Waals surface area contributed by atoms with E-state index in [1.54, 1.807) is 4.90 Å². The Labute approximate surface area is 214 Å². The summed E-state index contributed by atoms with van der Waals surface area (Å²) in [6.45, 7) is 7.92. The zero-order valence-electron chi connectivity index (χ0n) is 21.0. The van der Waals surface area contributed by atoms with Crippen LogP contribution in [0.2, 0.25) is 0 Å². The number of nitrogens with one attached hydrogen (secondary N) is 1. The van der Waals surface area contributed by atoms with Crippen LogP contribution in [-0.4, -0.2) is 53.6 Å². The van der Waals surface area contributed by atoms with E-state index < -0.39 is 0 Å². The van der Waals surface area contributed by atoms with Crippen LogP contribution in [0.25, 0.3) is 0 Å². The molecule has 2 aliphatic heterocycles. The van der Waals surface area contributed by atoms with Crippen molar-refractivity contribution in [1.29, 1.82) is 0 Å². The molecule has 0 aromatic heterocycles. The Kier molecular flexibility index (Phi) is 8.71. The van der Waals surface area contributed by atoms with Gasteiger partial charge in [0, 0.05) is 47.9 Å². The van der Waals surface area contributed by atoms with E-state index in [9.17, 15) is 9.59 Å². The fourth-order valence-electron chi connectivity index (χ4n) is 4.73. The number of ether oxygens (including phenoxy) is 1. The maximum atomic E-state index is 13.1. The van der Waals surface area contributed by atoms with Crippen LogP contribution in [0.3, 0.4) is 0 Å². The van der Waals surface area contributed by atoms with Crippen LogP contribution in [0.4, 0.5) is 10.5 Å². The molecule has 35 heavy (non-hydrogen) atoms. The lowest BCUT2D eigenvalue weighted by Crippen LogP contribution is -2.46. The fourth-order valence-corrected chi connectivity index (χ4v) is 5.96. The molecule has 190 valence electrons. The smallest absolute Gasteiger partial charge is 0.409 e. The van der Waals surface area contributed by atoms with Crippen molar-refractivity contribution in [2.45, 2.75) is 69.1 Å². The van der Waals surface area contributed by atoms with Crippen LogP contribution in [0.5, 0.6) is 0 Å². The molecule has 1 aliphatic carbocycles. The summed E-state index contributed by atoms with van der Waals surface area (Å²) in [7, 11) is 0. The van der Waals surface area contributed by atoms with E-state index in [0.29, 0.717) is 42.3 Å². The van der Waals surface area contributed by atoms with Crippen LogP contribution >= 0.6 is 11.8 Å². The Bertz CT molecular complexity index is 1020. The molecule has 6 nitrogen and oxygen atoms in total. The number of carbonyl (C=O) groups is 2. The number of amides is 2. The molecule has 7 heteroatoms. The highest BCUT2D eigenvalue weighted by Gasteiger charge is 2.29. The Morgan fingerprint density at radius 2 is 2.00 bits per heavy atom. The molecule has 1 N–H and O–H groups in total. The Hall–Kier alpha value is -2.54. The van der Waals surface area contributed by atoms with Crippen molar-refractivity contribution in [2.24, 2.45) is 16.8 Å². The number of hydrogen-bond donors (Lipinski definition) is 1. The number of nitrogens with zero attached hydrogens (tertiary/aromatic N) is 2. The van der Waals surface area contributed by atoms with Gasteiger partial charge in [0.15, 0.2) is 0 Å². The largest absolute Gasteiger partial charge is 0.450 e. The standard InChI is InChI=1S/C28H37N3O3S.H2/c1-4-19(3)10-12-23-22-8-6-7-9-25(22)35-26-13-11-20(18-24(26)30-23)27(32)29-21-14-16-31(17-15-21)28(33)34-5-2;/h6-9,11,13,18-19,21-22,25H,4-5,10,12,14-17H2,1-3H3,(H,29,32);1H. The van der Waals surface area contributed by atoms with Crippen LogP contribution in [0.15, 0.2) is 52.4 Å². The summed E-state index contributed by atoms with van der Waals surface area (Å²) in [5.74, 6) is 0.885. The van der Waals surface area contributed by atoms with Crippen LogP contribution in [0, 0.1) is 11.8 Å². The summed E-state index contributed by atoms with van der Waals surface area (Å²) in [6, 6.07) is 5.95. The van der Waals surface area contributed by atoms with E-state index in [4.69, 9.17) is 9.73 Å². The Morgan fingerprint density at radius 1 is 1.23 bits per heavy atom. The second-order valence-corrected chi connectivity index (χ2v) is 10.9. The van der Waals surface area contributed by atoms with Crippen molar-refractivity contribution in [3.63, 3.8) is 0 Å².